The van der Waals surface area contributed by atoms with E-state index in [1.54, 1.807) is 36.4 Å². The van der Waals surface area contributed by atoms with Crippen molar-refractivity contribution in [3.05, 3.63) is 59.7 Å². The highest BCUT2D eigenvalue weighted by Crippen LogP contribution is 2.19. The number of nitrogens with one attached hydrogen (secondary N) is 3. The zero-order valence-corrected chi connectivity index (χ0v) is 16.9. The summed E-state index contributed by atoms with van der Waals surface area (Å²) in [6, 6.07) is 12.0. The van der Waals surface area contributed by atoms with Crippen LogP contribution in [-0.2, 0) is 26.0 Å². The summed E-state index contributed by atoms with van der Waals surface area (Å²) in [5.74, 6) is -0.978. The van der Waals surface area contributed by atoms with Crippen LogP contribution in [0, 0.1) is 0 Å². The second-order valence-electron chi connectivity index (χ2n) is 6.89. The van der Waals surface area contributed by atoms with Crippen LogP contribution < -0.4 is 21.1 Å². The summed E-state index contributed by atoms with van der Waals surface area (Å²) in [5.41, 5.74) is 1.67. The fraction of sp³-hybridized carbons (Fsp3) is 0.250. The first-order chi connectivity index (χ1) is 14.2. The first-order valence-electron chi connectivity index (χ1n) is 9.33. The third-order valence-corrected chi connectivity index (χ3v) is 5.63. The number of hydrogen-bond donors (Lipinski definition) is 4. The van der Waals surface area contributed by atoms with Crippen molar-refractivity contribution in [1.29, 1.82) is 0 Å². The SMILES string of the molecule is NS(=O)(=O)c1ccc(CCNC(=O)CC[C@@H]2NC(=O)c3ccccc3NC2=O)cc1. The van der Waals surface area contributed by atoms with Crippen LogP contribution in [0.25, 0.3) is 0 Å². The summed E-state index contributed by atoms with van der Waals surface area (Å²) in [6.45, 7) is 0.349. The molecule has 0 fully saturated rings. The van der Waals surface area contributed by atoms with Gasteiger partial charge < -0.3 is 16.0 Å². The van der Waals surface area contributed by atoms with Gasteiger partial charge in [-0.2, -0.15) is 0 Å². The average Bonchev–Trinajstić information content (AvgIpc) is 2.82. The van der Waals surface area contributed by atoms with Crippen LogP contribution in [0.5, 0.6) is 0 Å². The quantitative estimate of drug-likeness (QED) is 0.506. The zero-order chi connectivity index (χ0) is 21.7. The van der Waals surface area contributed by atoms with Crippen molar-refractivity contribution in [2.45, 2.75) is 30.2 Å². The Morgan fingerprint density at radius 3 is 2.47 bits per heavy atom. The minimum Gasteiger partial charge on any atom is -0.356 e. The van der Waals surface area contributed by atoms with Gasteiger partial charge in [-0.3, -0.25) is 14.4 Å². The molecule has 0 aliphatic carbocycles. The highest BCUT2D eigenvalue weighted by molar-refractivity contribution is 7.89. The molecule has 1 atom stereocenters. The monoisotopic (exact) mass is 430 g/mol. The van der Waals surface area contributed by atoms with Crippen molar-refractivity contribution in [3.8, 4) is 0 Å². The topological polar surface area (TPSA) is 147 Å². The van der Waals surface area contributed by atoms with Crippen LogP contribution in [0.2, 0.25) is 0 Å². The minimum atomic E-state index is -3.73. The lowest BCUT2D eigenvalue weighted by atomic mass is 10.1. The number of para-hydroxylation sites is 1. The highest BCUT2D eigenvalue weighted by Gasteiger charge is 2.27. The van der Waals surface area contributed by atoms with Gasteiger partial charge in [-0.25, -0.2) is 13.6 Å². The lowest BCUT2D eigenvalue weighted by Crippen LogP contribution is -2.42. The van der Waals surface area contributed by atoms with E-state index in [-0.39, 0.29) is 35.5 Å². The Labute approximate surface area is 174 Å². The van der Waals surface area contributed by atoms with Crippen molar-refractivity contribution in [3.63, 3.8) is 0 Å². The molecular weight excluding hydrogens is 408 g/mol. The number of carbonyl (C=O) groups excluding carboxylic acids is 3. The molecule has 2 aromatic carbocycles. The van der Waals surface area contributed by atoms with Gasteiger partial charge in [0.2, 0.25) is 21.8 Å². The maximum Gasteiger partial charge on any atom is 0.254 e. The first kappa shape index (κ1) is 21.5. The molecule has 0 spiro atoms. The molecule has 1 aliphatic rings. The molecular formula is C20H22N4O5S. The summed E-state index contributed by atoms with van der Waals surface area (Å²) in [7, 11) is -3.73. The van der Waals surface area contributed by atoms with E-state index < -0.39 is 16.1 Å². The molecule has 1 heterocycles. The van der Waals surface area contributed by atoms with Gasteiger partial charge in [0.25, 0.3) is 5.91 Å². The molecule has 2 aromatic rings. The Morgan fingerprint density at radius 2 is 1.77 bits per heavy atom. The molecule has 0 radical (unpaired) electrons. The molecule has 9 nitrogen and oxygen atoms in total. The van der Waals surface area contributed by atoms with Crippen LogP contribution in [0.1, 0.15) is 28.8 Å². The Hall–Kier alpha value is -3.24. The van der Waals surface area contributed by atoms with Crippen LogP contribution >= 0.6 is 0 Å². The molecule has 30 heavy (non-hydrogen) atoms. The standard InChI is InChI=1S/C20H22N4O5S/c21-30(28,29)14-7-5-13(6-8-14)11-12-22-18(25)10-9-17-20(27)23-16-4-2-1-3-15(16)19(26)24-17/h1-8,17H,9-12H2,(H,22,25)(H,23,27)(H,24,26)(H2,21,28,29)/t17-/m0/s1. The van der Waals surface area contributed by atoms with Gasteiger partial charge in [-0.15, -0.1) is 0 Å². The molecule has 158 valence electrons. The van der Waals surface area contributed by atoms with Crippen LogP contribution in [0.4, 0.5) is 5.69 Å². The largest absolute Gasteiger partial charge is 0.356 e. The van der Waals surface area contributed by atoms with Gasteiger partial charge in [0, 0.05) is 13.0 Å². The molecule has 1 aliphatic heterocycles. The Bertz CT molecular complexity index is 1070. The maximum absolute atomic E-state index is 12.3. The van der Waals surface area contributed by atoms with E-state index >= 15 is 0 Å². The number of benzene rings is 2. The fourth-order valence-corrected chi connectivity index (χ4v) is 3.59. The van der Waals surface area contributed by atoms with Crippen molar-refractivity contribution in [1.82, 2.24) is 10.6 Å². The molecule has 0 unspecified atom stereocenters. The van der Waals surface area contributed by atoms with Gasteiger partial charge in [0.15, 0.2) is 0 Å². The third kappa shape index (κ3) is 5.43. The lowest BCUT2D eigenvalue weighted by Gasteiger charge is -2.14. The van der Waals surface area contributed by atoms with Crippen LogP contribution in [0.3, 0.4) is 0 Å². The lowest BCUT2D eigenvalue weighted by molar-refractivity contribution is -0.121. The number of hydrogen-bond acceptors (Lipinski definition) is 5. The predicted molar refractivity (Wildman–Crippen MR) is 110 cm³/mol. The predicted octanol–water partition coefficient (Wildman–Crippen LogP) is 0.524. The van der Waals surface area contributed by atoms with E-state index in [0.29, 0.717) is 24.2 Å². The molecule has 5 N–H and O–H groups in total. The van der Waals surface area contributed by atoms with Gasteiger partial charge >= 0.3 is 0 Å². The Balaban J connectivity index is 1.46. The van der Waals surface area contributed by atoms with Gasteiger partial charge in [-0.05, 0) is 42.7 Å². The minimum absolute atomic E-state index is 0.0289. The normalized spacial score (nSPS) is 16.1. The fourth-order valence-electron chi connectivity index (χ4n) is 3.07. The second kappa shape index (κ2) is 9.06. The van der Waals surface area contributed by atoms with E-state index in [0.717, 1.165) is 5.56 Å². The summed E-state index contributed by atoms with van der Waals surface area (Å²) >= 11 is 0. The number of carbonyl (C=O) groups is 3. The van der Waals surface area contributed by atoms with Gasteiger partial charge in [0.05, 0.1) is 16.1 Å². The number of sulfonamides is 1. The summed E-state index contributed by atoms with van der Waals surface area (Å²) in [4.78, 5) is 36.7. The number of anilines is 1. The van der Waals surface area contributed by atoms with Crippen molar-refractivity contribution in [2.24, 2.45) is 5.14 Å². The first-order valence-corrected chi connectivity index (χ1v) is 10.9. The second-order valence-corrected chi connectivity index (χ2v) is 8.45. The molecule has 0 bridgehead atoms. The Kier molecular flexibility index (Phi) is 6.48. The van der Waals surface area contributed by atoms with E-state index in [1.807, 2.05) is 0 Å². The molecule has 0 saturated carbocycles. The van der Waals surface area contributed by atoms with Crippen molar-refractivity contribution in [2.75, 3.05) is 11.9 Å². The number of nitrogens with two attached hydrogens (primary N) is 1. The van der Waals surface area contributed by atoms with E-state index in [2.05, 4.69) is 16.0 Å². The van der Waals surface area contributed by atoms with Crippen LogP contribution in [0.15, 0.2) is 53.4 Å². The third-order valence-electron chi connectivity index (χ3n) is 4.70. The van der Waals surface area contributed by atoms with Crippen LogP contribution in [-0.4, -0.2) is 38.7 Å². The summed E-state index contributed by atoms with van der Waals surface area (Å²) in [6.07, 6.45) is 0.742. The zero-order valence-electron chi connectivity index (χ0n) is 16.1. The van der Waals surface area contributed by atoms with E-state index in [1.165, 1.54) is 12.1 Å². The molecule has 0 saturated heterocycles. The number of fused-ring (bicyclic) bond motifs is 1. The number of rotatable bonds is 7. The smallest absolute Gasteiger partial charge is 0.254 e. The van der Waals surface area contributed by atoms with Gasteiger partial charge in [-0.1, -0.05) is 24.3 Å². The molecule has 10 heteroatoms. The van der Waals surface area contributed by atoms with Crippen molar-refractivity contribution < 1.29 is 22.8 Å². The van der Waals surface area contributed by atoms with Crippen molar-refractivity contribution >= 4 is 33.4 Å². The number of amides is 3. The average molecular weight is 430 g/mol. The molecule has 0 aromatic heterocycles. The van der Waals surface area contributed by atoms with E-state index in [4.69, 9.17) is 5.14 Å². The molecule has 3 amide bonds. The van der Waals surface area contributed by atoms with Gasteiger partial charge in [0.1, 0.15) is 6.04 Å². The molecule has 3 rings (SSSR count). The highest BCUT2D eigenvalue weighted by atomic mass is 32.2. The number of primary sulfonamides is 1. The summed E-state index contributed by atoms with van der Waals surface area (Å²) in [5, 5.41) is 13.2. The maximum atomic E-state index is 12.3. The van der Waals surface area contributed by atoms with E-state index in [9.17, 15) is 22.8 Å². The summed E-state index contributed by atoms with van der Waals surface area (Å²) < 4.78 is 22.5. The Morgan fingerprint density at radius 1 is 1.07 bits per heavy atom.